The molecule has 176 valence electrons. The predicted octanol–water partition coefficient (Wildman–Crippen LogP) is 4.96. The summed E-state index contributed by atoms with van der Waals surface area (Å²) in [4.78, 5) is 15.4. The first-order valence-corrected chi connectivity index (χ1v) is 12.5. The predicted molar refractivity (Wildman–Crippen MR) is 137 cm³/mol. The monoisotopic (exact) mass is 524 g/mol. The Kier molecular flexibility index (Phi) is 5.70. The van der Waals surface area contributed by atoms with E-state index >= 15 is 0 Å². The largest absolute Gasteiger partial charge is 0.378 e. The third-order valence-electron chi connectivity index (χ3n) is 5.81. The normalized spacial score (nSPS) is 14.0. The van der Waals surface area contributed by atoms with Gasteiger partial charge in [0.05, 0.1) is 58.4 Å². The summed E-state index contributed by atoms with van der Waals surface area (Å²) in [6.07, 6.45) is 1.78. The van der Waals surface area contributed by atoms with Gasteiger partial charge in [0, 0.05) is 30.1 Å². The highest BCUT2D eigenvalue weighted by atomic mass is 35.5. The zero-order valence-corrected chi connectivity index (χ0v) is 20.6. The van der Waals surface area contributed by atoms with Gasteiger partial charge in [-0.05, 0) is 18.2 Å². The number of benzene rings is 1. The Morgan fingerprint density at radius 3 is 2.80 bits per heavy atom. The van der Waals surface area contributed by atoms with Gasteiger partial charge < -0.3 is 19.9 Å². The number of nitriles is 1. The number of anilines is 2. The molecule has 1 fully saturated rings. The summed E-state index contributed by atoms with van der Waals surface area (Å²) in [6.45, 7) is 3.25. The van der Waals surface area contributed by atoms with Crippen LogP contribution in [0.4, 0.5) is 11.5 Å². The number of nitrogens with one attached hydrogen (secondary N) is 2. The average Bonchev–Trinajstić information content (AvgIpc) is 3.61. The molecule has 0 saturated carbocycles. The minimum Gasteiger partial charge on any atom is -0.378 e. The van der Waals surface area contributed by atoms with Gasteiger partial charge in [-0.25, -0.2) is 14.5 Å². The molecule has 1 aromatic carbocycles. The molecule has 0 bridgehead atoms. The Hall–Kier alpha value is -3.36. The molecule has 5 heterocycles. The van der Waals surface area contributed by atoms with Gasteiger partial charge in [-0.2, -0.15) is 5.26 Å². The number of imidazole rings is 2. The number of H-pyrrole nitrogens is 1. The fraction of sp³-hybridized carbons (Fsp3) is 0.217. The van der Waals surface area contributed by atoms with E-state index in [4.69, 9.17) is 33.0 Å². The van der Waals surface area contributed by atoms with Gasteiger partial charge in [0.15, 0.2) is 11.5 Å². The molecule has 0 radical (unpaired) electrons. The van der Waals surface area contributed by atoms with Crippen LogP contribution in [0.15, 0.2) is 35.8 Å². The standard InChI is InChI=1S/C23H18Cl2N8OS/c24-15-6-17-18(7-16(15)25)30-21(29-17)11-27-19-8-22(32-1-3-34-4-2-32)31-33-20(10-28-23(19)33)13-5-14(9-26)35-12-13/h5-8,10,12,27H,1-4,11H2,(H,29,30). The molecule has 0 amide bonds. The van der Waals surface area contributed by atoms with Crippen LogP contribution in [-0.4, -0.2) is 50.9 Å². The summed E-state index contributed by atoms with van der Waals surface area (Å²) in [7, 11) is 0. The Labute approximate surface area is 213 Å². The van der Waals surface area contributed by atoms with Gasteiger partial charge in [-0.15, -0.1) is 16.4 Å². The SMILES string of the molecule is N#Cc1cc(-c2cnc3c(NCc4nc5cc(Cl)c(Cl)cc5[nH]4)cc(N4CCOCC4)nn23)cs1. The lowest BCUT2D eigenvalue weighted by Gasteiger charge is -2.28. The van der Waals surface area contributed by atoms with Crippen LogP contribution >= 0.6 is 34.5 Å². The minimum atomic E-state index is 0.436. The van der Waals surface area contributed by atoms with Gasteiger partial charge in [-0.3, -0.25) is 0 Å². The van der Waals surface area contributed by atoms with Crippen LogP contribution in [0.25, 0.3) is 27.9 Å². The average molecular weight is 525 g/mol. The minimum absolute atomic E-state index is 0.436. The second-order valence-corrected chi connectivity index (χ2v) is 9.75. The molecular formula is C23H18Cl2N8OS. The van der Waals surface area contributed by atoms with E-state index in [2.05, 4.69) is 31.2 Å². The van der Waals surface area contributed by atoms with E-state index in [1.807, 2.05) is 22.0 Å². The lowest BCUT2D eigenvalue weighted by molar-refractivity contribution is 0.122. The Morgan fingerprint density at radius 1 is 1.17 bits per heavy atom. The Balaban J connectivity index is 1.38. The first-order chi connectivity index (χ1) is 17.1. The highest BCUT2D eigenvalue weighted by molar-refractivity contribution is 7.10. The molecule has 5 aromatic rings. The fourth-order valence-electron chi connectivity index (χ4n) is 4.08. The number of fused-ring (bicyclic) bond motifs is 2. The van der Waals surface area contributed by atoms with Crippen LogP contribution in [0.1, 0.15) is 10.7 Å². The number of nitrogens with zero attached hydrogens (tertiary/aromatic N) is 6. The van der Waals surface area contributed by atoms with Crippen LogP contribution in [0.5, 0.6) is 0 Å². The molecule has 2 N–H and O–H groups in total. The van der Waals surface area contributed by atoms with Crippen molar-refractivity contribution >= 4 is 62.7 Å². The third-order valence-corrected chi connectivity index (χ3v) is 7.37. The van der Waals surface area contributed by atoms with Crippen molar-refractivity contribution in [1.82, 2.24) is 24.6 Å². The lowest BCUT2D eigenvalue weighted by Crippen LogP contribution is -2.37. The number of halogens is 2. The van der Waals surface area contributed by atoms with E-state index in [1.165, 1.54) is 11.3 Å². The van der Waals surface area contributed by atoms with Crippen molar-refractivity contribution in [2.45, 2.75) is 6.54 Å². The second-order valence-electron chi connectivity index (χ2n) is 8.03. The van der Waals surface area contributed by atoms with Crippen molar-refractivity contribution in [2.75, 3.05) is 36.5 Å². The molecule has 6 rings (SSSR count). The Morgan fingerprint density at radius 2 is 2.00 bits per heavy atom. The zero-order valence-electron chi connectivity index (χ0n) is 18.3. The van der Waals surface area contributed by atoms with Gasteiger partial charge in [0.2, 0.25) is 0 Å². The van der Waals surface area contributed by atoms with Crippen LogP contribution < -0.4 is 10.2 Å². The highest BCUT2D eigenvalue weighted by Crippen LogP contribution is 2.31. The summed E-state index contributed by atoms with van der Waals surface area (Å²) in [6, 6.07) is 9.57. The smallest absolute Gasteiger partial charge is 0.177 e. The van der Waals surface area contributed by atoms with Crippen LogP contribution in [0, 0.1) is 11.3 Å². The highest BCUT2D eigenvalue weighted by Gasteiger charge is 2.19. The molecule has 12 heteroatoms. The summed E-state index contributed by atoms with van der Waals surface area (Å²) < 4.78 is 7.35. The van der Waals surface area contributed by atoms with Crippen molar-refractivity contribution in [3.05, 3.63) is 56.6 Å². The summed E-state index contributed by atoms with van der Waals surface area (Å²) in [5, 5.41) is 20.5. The maximum atomic E-state index is 9.25. The number of hydrogen-bond acceptors (Lipinski definition) is 8. The lowest BCUT2D eigenvalue weighted by atomic mass is 10.2. The summed E-state index contributed by atoms with van der Waals surface area (Å²) in [5.41, 5.74) is 4.80. The molecule has 1 aliphatic heterocycles. The molecule has 1 saturated heterocycles. The quantitative estimate of drug-likeness (QED) is 0.334. The number of ether oxygens (including phenoxy) is 1. The summed E-state index contributed by atoms with van der Waals surface area (Å²) in [5.74, 6) is 1.56. The maximum absolute atomic E-state index is 9.25. The van der Waals surface area contributed by atoms with Crippen molar-refractivity contribution < 1.29 is 4.74 Å². The van der Waals surface area contributed by atoms with E-state index in [0.717, 1.165) is 52.7 Å². The first-order valence-electron chi connectivity index (χ1n) is 10.9. The van der Waals surface area contributed by atoms with Gasteiger partial charge >= 0.3 is 0 Å². The van der Waals surface area contributed by atoms with Crippen molar-refractivity contribution in [1.29, 1.82) is 5.26 Å². The third kappa shape index (κ3) is 4.17. The van der Waals surface area contributed by atoms with Crippen molar-refractivity contribution in [3.8, 4) is 17.3 Å². The van der Waals surface area contributed by atoms with E-state index in [1.54, 1.807) is 18.3 Å². The second kappa shape index (κ2) is 9.02. The summed E-state index contributed by atoms with van der Waals surface area (Å²) >= 11 is 13.7. The molecule has 1 aliphatic rings. The Bertz CT molecular complexity index is 1560. The molecule has 0 spiro atoms. The van der Waals surface area contributed by atoms with Crippen LogP contribution in [0.2, 0.25) is 10.0 Å². The van der Waals surface area contributed by atoms with Crippen molar-refractivity contribution in [3.63, 3.8) is 0 Å². The fourth-order valence-corrected chi connectivity index (χ4v) is 5.09. The number of aromatic amines is 1. The number of thiophene rings is 1. The van der Waals surface area contributed by atoms with E-state index < -0.39 is 0 Å². The zero-order chi connectivity index (χ0) is 23.9. The topological polar surface area (TPSA) is 107 Å². The first kappa shape index (κ1) is 22.1. The molecule has 35 heavy (non-hydrogen) atoms. The number of morpholine rings is 1. The van der Waals surface area contributed by atoms with Gasteiger partial charge in [0.25, 0.3) is 0 Å². The number of rotatable bonds is 5. The van der Waals surface area contributed by atoms with Gasteiger partial charge in [0.1, 0.15) is 16.8 Å². The molecule has 0 unspecified atom stereocenters. The van der Waals surface area contributed by atoms with E-state index in [0.29, 0.717) is 40.3 Å². The molecule has 0 atom stereocenters. The number of hydrogen-bond donors (Lipinski definition) is 2. The van der Waals surface area contributed by atoms with E-state index in [9.17, 15) is 5.26 Å². The van der Waals surface area contributed by atoms with Crippen LogP contribution in [-0.2, 0) is 11.3 Å². The number of aromatic nitrogens is 5. The van der Waals surface area contributed by atoms with Crippen molar-refractivity contribution in [2.24, 2.45) is 0 Å². The molecule has 9 nitrogen and oxygen atoms in total. The molecular weight excluding hydrogens is 507 g/mol. The van der Waals surface area contributed by atoms with Gasteiger partial charge in [-0.1, -0.05) is 23.2 Å². The van der Waals surface area contributed by atoms with E-state index in [-0.39, 0.29) is 0 Å². The van der Waals surface area contributed by atoms with Crippen LogP contribution in [0.3, 0.4) is 0 Å². The molecule has 4 aromatic heterocycles. The maximum Gasteiger partial charge on any atom is 0.177 e. The molecule has 0 aliphatic carbocycles.